The third kappa shape index (κ3) is 46.9. The van der Waals surface area contributed by atoms with E-state index in [-0.39, 0.29) is 24.9 Å². The van der Waals surface area contributed by atoms with E-state index in [1.807, 2.05) is 0 Å². The molecule has 0 bridgehead atoms. The summed E-state index contributed by atoms with van der Waals surface area (Å²) in [5.41, 5.74) is 0. The summed E-state index contributed by atoms with van der Waals surface area (Å²) in [6.45, 7) is 6.51. The van der Waals surface area contributed by atoms with Crippen molar-refractivity contribution < 1.29 is 24.5 Å². The summed E-state index contributed by atoms with van der Waals surface area (Å²) < 4.78 is 5.93. The fourth-order valence-corrected chi connectivity index (χ4v) is 9.02. The van der Waals surface area contributed by atoms with Gasteiger partial charge in [-0.25, -0.2) is 0 Å². The molecule has 374 valence electrons. The molecule has 0 saturated carbocycles. The summed E-state index contributed by atoms with van der Waals surface area (Å²) in [4.78, 5) is 26.2. The number of carbonyl (C=O) groups excluding carboxylic acids is 2. The highest BCUT2D eigenvalue weighted by molar-refractivity contribution is 5.77. The molecule has 0 rings (SSSR count). The summed E-state index contributed by atoms with van der Waals surface area (Å²) in [6, 6.07) is -0.704. The zero-order valence-corrected chi connectivity index (χ0v) is 42.7. The second-order valence-electron chi connectivity index (χ2n) is 19.7. The Morgan fingerprint density at radius 1 is 0.444 bits per heavy atom. The molecule has 6 heteroatoms. The number of aliphatic hydroxyl groups excluding tert-OH is 2. The van der Waals surface area contributed by atoms with Crippen LogP contribution in [0.5, 0.6) is 0 Å². The summed E-state index contributed by atoms with van der Waals surface area (Å²) in [5, 5.41) is 23.8. The molecule has 6 nitrogen and oxygen atoms in total. The zero-order valence-electron chi connectivity index (χ0n) is 42.7. The first-order chi connectivity index (χ1) is 31.0. The lowest BCUT2D eigenvalue weighted by Gasteiger charge is -2.24. The molecule has 3 N–H and O–H groups in total. The van der Waals surface area contributed by atoms with Crippen LogP contribution in [-0.4, -0.2) is 46.9 Å². The molecule has 0 aromatic heterocycles. The maximum atomic E-state index is 13.2. The molecule has 0 aromatic carbocycles. The van der Waals surface area contributed by atoms with Crippen LogP contribution in [0.1, 0.15) is 316 Å². The lowest BCUT2D eigenvalue weighted by molar-refractivity contribution is -0.151. The van der Waals surface area contributed by atoms with Gasteiger partial charge in [0.25, 0.3) is 0 Å². The first-order valence-corrected chi connectivity index (χ1v) is 28.4. The molecule has 0 heterocycles. The third-order valence-electron chi connectivity index (χ3n) is 13.3. The van der Waals surface area contributed by atoms with E-state index >= 15 is 0 Å². The van der Waals surface area contributed by atoms with Gasteiger partial charge in [-0.2, -0.15) is 0 Å². The van der Waals surface area contributed by atoms with E-state index < -0.39 is 18.2 Å². The van der Waals surface area contributed by atoms with Crippen LogP contribution in [0.25, 0.3) is 0 Å². The minimum Gasteiger partial charge on any atom is -0.462 e. The average Bonchev–Trinajstić information content (AvgIpc) is 3.28. The van der Waals surface area contributed by atoms with Crippen molar-refractivity contribution in [1.82, 2.24) is 5.32 Å². The first-order valence-electron chi connectivity index (χ1n) is 28.4. The van der Waals surface area contributed by atoms with Crippen molar-refractivity contribution in [2.24, 2.45) is 0 Å². The second-order valence-corrected chi connectivity index (χ2v) is 19.7. The van der Waals surface area contributed by atoms with Gasteiger partial charge in [-0.1, -0.05) is 270 Å². The van der Waals surface area contributed by atoms with E-state index in [0.29, 0.717) is 19.3 Å². The number of hydrogen-bond donors (Lipinski definition) is 3. The van der Waals surface area contributed by atoms with Crippen LogP contribution in [0.4, 0.5) is 0 Å². The van der Waals surface area contributed by atoms with Gasteiger partial charge in [0.1, 0.15) is 6.10 Å². The smallest absolute Gasteiger partial charge is 0.306 e. The van der Waals surface area contributed by atoms with E-state index in [0.717, 1.165) is 51.4 Å². The molecule has 0 aliphatic heterocycles. The maximum Gasteiger partial charge on any atom is 0.306 e. The van der Waals surface area contributed by atoms with Crippen LogP contribution in [0.3, 0.4) is 0 Å². The molecular weight excluding hydrogens is 779 g/mol. The number of esters is 1. The molecule has 0 fully saturated rings. The Balaban J connectivity index is 4.43. The quantitative estimate of drug-likeness (QED) is 0.0321. The van der Waals surface area contributed by atoms with Gasteiger partial charge in [0.05, 0.1) is 25.2 Å². The predicted octanol–water partition coefficient (Wildman–Crippen LogP) is 17.3. The third-order valence-corrected chi connectivity index (χ3v) is 13.3. The SMILES string of the molecule is CCCCCCCC/C=C\CCCC(CC(=O)NC(CO)C(O)CCCCCCCCCCCCCCCCCCC)OC(=O)CCCCCCCCCCCCCCCCCC. The Hall–Kier alpha value is -1.40. The Bertz CT molecular complexity index is 955. The normalized spacial score (nSPS) is 13.2. The predicted molar refractivity (Wildman–Crippen MR) is 273 cm³/mol. The van der Waals surface area contributed by atoms with Gasteiger partial charge in [-0.05, 0) is 44.9 Å². The number of carbonyl (C=O) groups is 2. The number of ether oxygens (including phenoxy) is 1. The van der Waals surface area contributed by atoms with Crippen molar-refractivity contribution in [1.29, 1.82) is 0 Å². The Labute approximate surface area is 393 Å². The molecule has 0 aliphatic carbocycles. The number of rotatable bonds is 52. The zero-order chi connectivity index (χ0) is 45.9. The highest BCUT2D eigenvalue weighted by Crippen LogP contribution is 2.18. The largest absolute Gasteiger partial charge is 0.462 e. The molecule has 3 unspecified atom stereocenters. The lowest BCUT2D eigenvalue weighted by atomic mass is 10.0. The molecule has 0 aromatic rings. The van der Waals surface area contributed by atoms with E-state index in [2.05, 4.69) is 38.2 Å². The molecule has 0 radical (unpaired) electrons. The average molecular weight is 891 g/mol. The van der Waals surface area contributed by atoms with Gasteiger partial charge in [-0.15, -0.1) is 0 Å². The Morgan fingerprint density at radius 2 is 0.778 bits per heavy atom. The van der Waals surface area contributed by atoms with E-state index in [1.165, 1.54) is 218 Å². The Kier molecular flexibility index (Phi) is 50.4. The summed E-state index contributed by atoms with van der Waals surface area (Å²) in [5.74, 6) is -0.483. The van der Waals surface area contributed by atoms with Crippen LogP contribution < -0.4 is 5.32 Å². The number of allylic oxidation sites excluding steroid dienone is 2. The van der Waals surface area contributed by atoms with Crippen molar-refractivity contribution in [3.05, 3.63) is 12.2 Å². The van der Waals surface area contributed by atoms with Gasteiger partial charge in [0, 0.05) is 6.42 Å². The number of nitrogens with one attached hydrogen (secondary N) is 1. The van der Waals surface area contributed by atoms with Gasteiger partial charge < -0.3 is 20.3 Å². The van der Waals surface area contributed by atoms with Crippen LogP contribution in [0, 0.1) is 0 Å². The number of unbranched alkanes of at least 4 members (excludes halogenated alkanes) is 38. The van der Waals surface area contributed by atoms with Gasteiger partial charge >= 0.3 is 5.97 Å². The standard InChI is InChI=1S/C57H111NO5/c1-4-7-10-13-16-19-22-24-26-28-29-31-34-37-40-43-46-49-55(60)54(52-59)58-56(61)51-53(48-45-42-39-36-33-21-18-15-12-9-6-3)63-57(62)50-47-44-41-38-35-32-30-27-25-23-20-17-14-11-8-5-2/h36,39,53-55,59-60H,4-35,37-38,40-52H2,1-3H3,(H,58,61)/b39-36-. The van der Waals surface area contributed by atoms with Crippen molar-refractivity contribution in [2.75, 3.05) is 6.61 Å². The van der Waals surface area contributed by atoms with Crippen LogP contribution >= 0.6 is 0 Å². The second kappa shape index (κ2) is 51.6. The van der Waals surface area contributed by atoms with Crippen molar-refractivity contribution in [3.63, 3.8) is 0 Å². The van der Waals surface area contributed by atoms with E-state index in [1.54, 1.807) is 0 Å². The van der Waals surface area contributed by atoms with Crippen molar-refractivity contribution in [3.8, 4) is 0 Å². The molecular formula is C57H111NO5. The van der Waals surface area contributed by atoms with Gasteiger partial charge in [-0.3, -0.25) is 9.59 Å². The molecule has 1 amide bonds. The minimum atomic E-state index is -0.789. The molecule has 0 aliphatic rings. The highest BCUT2D eigenvalue weighted by atomic mass is 16.5. The monoisotopic (exact) mass is 890 g/mol. The molecule has 0 saturated heterocycles. The number of amides is 1. The van der Waals surface area contributed by atoms with Crippen LogP contribution in [0.2, 0.25) is 0 Å². The van der Waals surface area contributed by atoms with E-state index in [4.69, 9.17) is 4.74 Å². The van der Waals surface area contributed by atoms with Crippen LogP contribution in [0.15, 0.2) is 12.2 Å². The van der Waals surface area contributed by atoms with Gasteiger partial charge in [0.15, 0.2) is 0 Å². The first kappa shape index (κ1) is 61.6. The lowest BCUT2D eigenvalue weighted by Crippen LogP contribution is -2.46. The van der Waals surface area contributed by atoms with Gasteiger partial charge in [0.2, 0.25) is 5.91 Å². The Morgan fingerprint density at radius 3 is 1.16 bits per heavy atom. The molecule has 63 heavy (non-hydrogen) atoms. The maximum absolute atomic E-state index is 13.2. The van der Waals surface area contributed by atoms with Crippen molar-refractivity contribution >= 4 is 11.9 Å². The molecule has 0 spiro atoms. The minimum absolute atomic E-state index is 0.0640. The molecule has 3 atom stereocenters. The fourth-order valence-electron chi connectivity index (χ4n) is 9.02. The fraction of sp³-hybridized carbons (Fsp3) is 0.930. The summed E-state index contributed by atoms with van der Waals surface area (Å²) in [6.07, 6.45) is 58.6. The number of hydrogen-bond acceptors (Lipinski definition) is 5. The number of aliphatic hydroxyl groups is 2. The van der Waals surface area contributed by atoms with Crippen molar-refractivity contribution in [2.45, 2.75) is 334 Å². The van der Waals surface area contributed by atoms with Crippen LogP contribution in [-0.2, 0) is 14.3 Å². The topological polar surface area (TPSA) is 95.9 Å². The summed E-state index contributed by atoms with van der Waals surface area (Å²) in [7, 11) is 0. The summed E-state index contributed by atoms with van der Waals surface area (Å²) >= 11 is 0. The highest BCUT2D eigenvalue weighted by Gasteiger charge is 2.24. The van der Waals surface area contributed by atoms with E-state index in [9.17, 15) is 19.8 Å².